The van der Waals surface area contributed by atoms with Gasteiger partial charge in [0.25, 0.3) is 0 Å². The highest BCUT2D eigenvalue weighted by atomic mass is 19.2. The van der Waals surface area contributed by atoms with Gasteiger partial charge in [0.2, 0.25) is 5.91 Å². The van der Waals surface area contributed by atoms with E-state index in [-0.39, 0.29) is 12.0 Å². The van der Waals surface area contributed by atoms with Gasteiger partial charge in [-0.1, -0.05) is 6.07 Å². The molecule has 0 spiro atoms. The molecule has 3 atom stereocenters. The van der Waals surface area contributed by atoms with Crippen molar-refractivity contribution in [3.8, 4) is 0 Å². The molecule has 0 saturated carbocycles. The summed E-state index contributed by atoms with van der Waals surface area (Å²) in [7, 11) is 0. The van der Waals surface area contributed by atoms with Crippen LogP contribution in [-0.2, 0) is 22.6 Å². The lowest BCUT2D eigenvalue weighted by Crippen LogP contribution is -2.42. The molecule has 0 unspecified atom stereocenters. The van der Waals surface area contributed by atoms with Gasteiger partial charge in [0.1, 0.15) is 6.10 Å². The number of amides is 1. The van der Waals surface area contributed by atoms with Crippen LogP contribution in [0.4, 0.5) is 8.78 Å². The predicted octanol–water partition coefficient (Wildman–Crippen LogP) is 2.36. The van der Waals surface area contributed by atoms with Crippen molar-refractivity contribution in [2.24, 2.45) is 5.92 Å². The van der Waals surface area contributed by atoms with Gasteiger partial charge in [-0.25, -0.2) is 8.78 Å². The summed E-state index contributed by atoms with van der Waals surface area (Å²) >= 11 is 0. The lowest BCUT2D eigenvalue weighted by molar-refractivity contribution is -0.133. The van der Waals surface area contributed by atoms with Gasteiger partial charge in [0.05, 0.1) is 30.2 Å². The number of hydrogen-bond donors (Lipinski definition) is 1. The van der Waals surface area contributed by atoms with Gasteiger partial charge < -0.3 is 10.1 Å². The maximum absolute atomic E-state index is 13.4. The summed E-state index contributed by atoms with van der Waals surface area (Å²) < 4.78 is 32.6. The molecule has 2 fully saturated rings. The van der Waals surface area contributed by atoms with E-state index in [1.807, 2.05) is 6.92 Å². The van der Waals surface area contributed by atoms with Gasteiger partial charge in [0, 0.05) is 19.3 Å². The Morgan fingerprint density at radius 1 is 1.28 bits per heavy atom. The zero-order valence-electron chi connectivity index (χ0n) is 16.3. The van der Waals surface area contributed by atoms with Crippen LogP contribution >= 0.6 is 0 Å². The van der Waals surface area contributed by atoms with Gasteiger partial charge in [-0.15, -0.1) is 0 Å². The summed E-state index contributed by atoms with van der Waals surface area (Å²) in [6, 6.07) is 3.99. The third-order valence-electron chi connectivity index (χ3n) is 5.60. The highest BCUT2D eigenvalue weighted by molar-refractivity contribution is 5.81. The first-order valence-electron chi connectivity index (χ1n) is 9.85. The van der Waals surface area contributed by atoms with E-state index in [4.69, 9.17) is 4.74 Å². The van der Waals surface area contributed by atoms with E-state index in [1.54, 1.807) is 18.5 Å². The van der Waals surface area contributed by atoms with Crippen LogP contribution in [-0.4, -0.2) is 46.1 Å². The molecule has 1 aromatic heterocycles. The highest BCUT2D eigenvalue weighted by Gasteiger charge is 2.41. The van der Waals surface area contributed by atoms with Crippen molar-refractivity contribution in [2.45, 2.75) is 45.1 Å². The minimum atomic E-state index is -0.836. The molecule has 1 amide bonds. The maximum Gasteiger partial charge on any atom is 0.249 e. The van der Waals surface area contributed by atoms with Crippen LogP contribution in [0.2, 0.25) is 0 Å². The molecule has 4 rings (SSSR count). The van der Waals surface area contributed by atoms with E-state index < -0.39 is 17.7 Å². The summed E-state index contributed by atoms with van der Waals surface area (Å²) in [4.78, 5) is 23.1. The van der Waals surface area contributed by atoms with Crippen LogP contribution in [0.25, 0.3) is 0 Å². The van der Waals surface area contributed by atoms with E-state index in [9.17, 15) is 13.6 Å². The fraction of sp³-hybridized carbons (Fsp3) is 0.476. The molecule has 6 nitrogen and oxygen atoms in total. The molecule has 29 heavy (non-hydrogen) atoms. The van der Waals surface area contributed by atoms with Crippen molar-refractivity contribution in [3.05, 3.63) is 59.2 Å². The smallest absolute Gasteiger partial charge is 0.249 e. The van der Waals surface area contributed by atoms with Crippen molar-refractivity contribution in [1.29, 1.82) is 0 Å². The van der Waals surface area contributed by atoms with Crippen molar-refractivity contribution < 1.29 is 18.3 Å². The second kappa shape index (κ2) is 8.51. The first kappa shape index (κ1) is 19.8. The summed E-state index contributed by atoms with van der Waals surface area (Å²) in [5, 5.41) is 2.88. The second-order valence-corrected chi connectivity index (χ2v) is 7.80. The average molecular weight is 402 g/mol. The molecule has 2 saturated heterocycles. The molecule has 8 heteroatoms. The van der Waals surface area contributed by atoms with Crippen molar-refractivity contribution in [1.82, 2.24) is 20.2 Å². The number of nitrogens with one attached hydrogen (secondary N) is 1. The number of piperidine rings is 1. The number of halogens is 2. The Labute approximate surface area is 168 Å². The summed E-state index contributed by atoms with van der Waals surface area (Å²) in [6.07, 6.45) is 4.46. The van der Waals surface area contributed by atoms with Crippen LogP contribution in [0.3, 0.4) is 0 Å². The van der Waals surface area contributed by atoms with Crippen LogP contribution < -0.4 is 5.32 Å². The fourth-order valence-corrected chi connectivity index (χ4v) is 4.01. The van der Waals surface area contributed by atoms with Crippen molar-refractivity contribution in [2.75, 3.05) is 13.1 Å². The Bertz CT molecular complexity index is 877. The third kappa shape index (κ3) is 4.76. The summed E-state index contributed by atoms with van der Waals surface area (Å²) in [6.45, 7) is 4.24. The number of carbonyl (C=O) groups excluding carboxylic acids is 1. The zero-order valence-corrected chi connectivity index (χ0v) is 16.3. The number of benzene rings is 1. The lowest BCUT2D eigenvalue weighted by atomic mass is 9.91. The average Bonchev–Trinajstić information content (AvgIpc) is 3.14. The number of likely N-dealkylation sites (tertiary alicyclic amines) is 1. The normalized spacial score (nSPS) is 24.3. The monoisotopic (exact) mass is 402 g/mol. The predicted molar refractivity (Wildman–Crippen MR) is 102 cm³/mol. The standard InChI is InChI=1S/C21H24F2N4O2/c1-13-8-25-16(9-24-13)10-26-21(28)19-7-15-4-5-27(12-20(15)29-19)11-14-2-3-17(22)18(23)6-14/h2-3,6,8-9,15,19-20H,4-5,7,10-12H2,1H3,(H,26,28)/t15-,19+,20+/m0/s1. The van der Waals surface area contributed by atoms with Gasteiger partial charge in [-0.05, 0) is 49.9 Å². The van der Waals surface area contributed by atoms with Gasteiger partial charge in [-0.3, -0.25) is 19.7 Å². The van der Waals surface area contributed by atoms with Crippen LogP contribution in [0.1, 0.15) is 29.8 Å². The van der Waals surface area contributed by atoms with E-state index in [0.717, 1.165) is 30.3 Å². The zero-order chi connectivity index (χ0) is 20.4. The van der Waals surface area contributed by atoms with Crippen LogP contribution in [0.15, 0.2) is 30.6 Å². The minimum absolute atomic E-state index is 0.0241. The number of ether oxygens (including phenoxy) is 1. The molecular formula is C21H24F2N4O2. The third-order valence-corrected chi connectivity index (χ3v) is 5.60. The largest absolute Gasteiger partial charge is 0.364 e. The quantitative estimate of drug-likeness (QED) is 0.832. The second-order valence-electron chi connectivity index (χ2n) is 7.80. The number of rotatable bonds is 5. The number of aryl methyl sites for hydroxylation is 1. The number of aromatic nitrogens is 2. The topological polar surface area (TPSA) is 67.4 Å². The first-order chi connectivity index (χ1) is 14.0. The number of fused-ring (bicyclic) bond motifs is 1. The van der Waals surface area contributed by atoms with Crippen LogP contribution in [0.5, 0.6) is 0 Å². The minimum Gasteiger partial charge on any atom is -0.364 e. The van der Waals surface area contributed by atoms with E-state index >= 15 is 0 Å². The molecule has 2 aliphatic rings. The SMILES string of the molecule is Cc1cnc(CNC(=O)[C@H]2C[C@@H]3CCN(Cc4ccc(F)c(F)c4)C[C@H]3O2)cn1. The van der Waals surface area contributed by atoms with E-state index in [0.29, 0.717) is 37.7 Å². The molecule has 3 heterocycles. The molecule has 2 aliphatic heterocycles. The Hall–Kier alpha value is -2.45. The van der Waals surface area contributed by atoms with Crippen molar-refractivity contribution >= 4 is 5.91 Å². The van der Waals surface area contributed by atoms with Gasteiger partial charge in [0.15, 0.2) is 11.6 Å². The summed E-state index contributed by atoms with van der Waals surface area (Å²) in [5.41, 5.74) is 2.27. The van der Waals surface area contributed by atoms with E-state index in [2.05, 4.69) is 20.2 Å². The van der Waals surface area contributed by atoms with Gasteiger partial charge >= 0.3 is 0 Å². The lowest BCUT2D eigenvalue weighted by Gasteiger charge is -2.34. The molecule has 0 bridgehead atoms. The number of carbonyl (C=O) groups is 1. The molecule has 0 aliphatic carbocycles. The van der Waals surface area contributed by atoms with Crippen LogP contribution in [0, 0.1) is 24.5 Å². The van der Waals surface area contributed by atoms with E-state index in [1.165, 1.54) is 6.07 Å². The molecule has 0 radical (unpaired) electrons. The fourth-order valence-electron chi connectivity index (χ4n) is 4.01. The highest BCUT2D eigenvalue weighted by Crippen LogP contribution is 2.33. The molecule has 154 valence electrons. The van der Waals surface area contributed by atoms with Gasteiger partial charge in [-0.2, -0.15) is 0 Å². The molecule has 1 N–H and O–H groups in total. The Balaban J connectivity index is 1.28. The number of hydrogen-bond acceptors (Lipinski definition) is 5. The number of nitrogens with zero attached hydrogens (tertiary/aromatic N) is 3. The molecule has 1 aromatic carbocycles. The maximum atomic E-state index is 13.4. The Morgan fingerprint density at radius 2 is 2.14 bits per heavy atom. The first-order valence-corrected chi connectivity index (χ1v) is 9.85. The van der Waals surface area contributed by atoms with Crippen molar-refractivity contribution in [3.63, 3.8) is 0 Å². The Morgan fingerprint density at radius 3 is 2.90 bits per heavy atom. The molecular weight excluding hydrogens is 378 g/mol. The Kier molecular flexibility index (Phi) is 5.82. The molecule has 2 aromatic rings. The summed E-state index contributed by atoms with van der Waals surface area (Å²) in [5.74, 6) is -1.46.